The molecule has 2 aromatic heterocycles. The molecule has 0 atom stereocenters. The van der Waals surface area contributed by atoms with Crippen molar-refractivity contribution in [3.63, 3.8) is 0 Å². The van der Waals surface area contributed by atoms with Gasteiger partial charge in [0.25, 0.3) is 5.91 Å². The predicted molar refractivity (Wildman–Crippen MR) is 137 cm³/mol. The third kappa shape index (κ3) is 5.12. The van der Waals surface area contributed by atoms with Gasteiger partial charge >= 0.3 is 0 Å². The fourth-order valence-corrected chi connectivity index (χ4v) is 5.28. The number of carbonyl (C=O) groups is 1. The lowest BCUT2D eigenvalue weighted by atomic mass is 10.2. The Hall–Kier alpha value is -3.14. The molecule has 0 spiro atoms. The Morgan fingerprint density at radius 1 is 1.20 bits per heavy atom. The van der Waals surface area contributed by atoms with Crippen molar-refractivity contribution in [2.75, 3.05) is 58.0 Å². The highest BCUT2D eigenvalue weighted by Crippen LogP contribution is 2.34. The molecule has 1 saturated heterocycles. The summed E-state index contributed by atoms with van der Waals surface area (Å²) in [5, 5.41) is 1.47. The lowest BCUT2D eigenvalue weighted by Crippen LogP contribution is -2.39. The quantitative estimate of drug-likeness (QED) is 0.329. The lowest BCUT2D eigenvalue weighted by molar-refractivity contribution is 0.0376. The molecule has 9 heteroatoms. The molecule has 1 aliphatic heterocycles. The smallest absolute Gasteiger partial charge is 0.295 e. The number of rotatable bonds is 9. The fraction of sp³-hybridized carbons (Fsp3) is 0.385. The van der Waals surface area contributed by atoms with Crippen LogP contribution in [0.5, 0.6) is 11.5 Å². The minimum Gasteiger partial charge on any atom is -0.494 e. The molecule has 1 amide bonds. The maximum absolute atomic E-state index is 13.7. The molecule has 1 aliphatic rings. The molecule has 8 nitrogen and oxygen atoms in total. The van der Waals surface area contributed by atoms with Crippen LogP contribution in [0.15, 0.2) is 46.9 Å². The first-order valence-electron chi connectivity index (χ1n) is 11.9. The molecule has 184 valence electrons. The summed E-state index contributed by atoms with van der Waals surface area (Å²) in [6, 6.07) is 13.2. The Balaban J connectivity index is 1.44. The standard InChI is InChI=1S/C26H29N3O5S/c1-3-33-19-8-9-20-23(17-19)35-26(27-20)29(11-5-10-28-12-14-32-15-13-28)25(30)22-16-18-6-4-7-21(31-2)24(18)34-22/h4,6-9,16-17H,3,5,10-15H2,1-2H3. The number of nitrogens with zero attached hydrogens (tertiary/aromatic N) is 3. The van der Waals surface area contributed by atoms with Gasteiger partial charge in [0.1, 0.15) is 5.75 Å². The van der Waals surface area contributed by atoms with E-state index in [4.69, 9.17) is 23.6 Å². The monoisotopic (exact) mass is 495 g/mol. The number of methoxy groups -OCH3 is 1. The normalized spacial score (nSPS) is 14.5. The predicted octanol–water partition coefficient (Wildman–Crippen LogP) is 4.82. The van der Waals surface area contributed by atoms with Gasteiger partial charge < -0.3 is 18.6 Å². The summed E-state index contributed by atoms with van der Waals surface area (Å²) in [6.45, 7) is 7.31. The third-order valence-electron chi connectivity index (χ3n) is 6.03. The van der Waals surface area contributed by atoms with E-state index in [0.29, 0.717) is 29.6 Å². The third-order valence-corrected chi connectivity index (χ3v) is 7.08. The van der Waals surface area contributed by atoms with Crippen LogP contribution in [0.25, 0.3) is 21.2 Å². The van der Waals surface area contributed by atoms with Gasteiger partial charge in [-0.3, -0.25) is 14.6 Å². The highest BCUT2D eigenvalue weighted by atomic mass is 32.1. The van der Waals surface area contributed by atoms with Gasteiger partial charge in [0.15, 0.2) is 22.2 Å². The number of ether oxygens (including phenoxy) is 3. The number of para-hydroxylation sites is 1. The highest BCUT2D eigenvalue weighted by molar-refractivity contribution is 7.22. The van der Waals surface area contributed by atoms with Crippen LogP contribution in [0.4, 0.5) is 5.13 Å². The van der Waals surface area contributed by atoms with E-state index in [1.165, 1.54) is 11.3 Å². The summed E-state index contributed by atoms with van der Waals surface area (Å²) in [5.74, 6) is 1.45. The van der Waals surface area contributed by atoms with Crippen LogP contribution in [0.2, 0.25) is 0 Å². The van der Waals surface area contributed by atoms with E-state index >= 15 is 0 Å². The fourth-order valence-electron chi connectivity index (χ4n) is 4.26. The van der Waals surface area contributed by atoms with Gasteiger partial charge in [-0.1, -0.05) is 23.5 Å². The Bertz CT molecular complexity index is 1310. The number of amides is 1. The van der Waals surface area contributed by atoms with Crippen molar-refractivity contribution in [3.05, 3.63) is 48.2 Å². The van der Waals surface area contributed by atoms with E-state index < -0.39 is 0 Å². The summed E-state index contributed by atoms with van der Waals surface area (Å²) in [7, 11) is 1.59. The second-order valence-electron chi connectivity index (χ2n) is 8.31. The van der Waals surface area contributed by atoms with Crippen molar-refractivity contribution >= 4 is 43.6 Å². The zero-order valence-corrected chi connectivity index (χ0v) is 20.8. The first kappa shape index (κ1) is 23.6. The number of furan rings is 1. The molecule has 0 N–H and O–H groups in total. The first-order chi connectivity index (χ1) is 17.2. The Labute approximate surface area is 208 Å². The molecular weight excluding hydrogens is 466 g/mol. The lowest BCUT2D eigenvalue weighted by Gasteiger charge is -2.27. The van der Waals surface area contributed by atoms with Gasteiger partial charge in [0.2, 0.25) is 0 Å². The summed E-state index contributed by atoms with van der Waals surface area (Å²) in [5.41, 5.74) is 1.41. The molecule has 0 aliphatic carbocycles. The van der Waals surface area contributed by atoms with Crippen molar-refractivity contribution < 1.29 is 23.4 Å². The molecule has 4 aromatic rings. The zero-order valence-electron chi connectivity index (χ0n) is 20.0. The Morgan fingerprint density at radius 3 is 2.86 bits per heavy atom. The summed E-state index contributed by atoms with van der Waals surface area (Å²) in [6.07, 6.45) is 0.815. The summed E-state index contributed by atoms with van der Waals surface area (Å²) < 4.78 is 23.5. The molecule has 3 heterocycles. The Kier molecular flexibility index (Phi) is 7.17. The van der Waals surface area contributed by atoms with E-state index in [0.717, 1.165) is 60.6 Å². The number of hydrogen-bond donors (Lipinski definition) is 0. The van der Waals surface area contributed by atoms with Gasteiger partial charge in [0.05, 0.1) is 37.1 Å². The van der Waals surface area contributed by atoms with Gasteiger partial charge in [-0.05, 0) is 43.7 Å². The minimum absolute atomic E-state index is 0.214. The van der Waals surface area contributed by atoms with E-state index in [1.807, 2.05) is 43.3 Å². The number of hydrogen-bond acceptors (Lipinski definition) is 8. The molecule has 0 saturated carbocycles. The zero-order chi connectivity index (χ0) is 24.2. The van der Waals surface area contributed by atoms with E-state index in [-0.39, 0.29) is 11.7 Å². The number of thiazole rings is 1. The van der Waals surface area contributed by atoms with Gasteiger partial charge in [-0.15, -0.1) is 0 Å². The highest BCUT2D eigenvalue weighted by Gasteiger charge is 2.25. The molecule has 0 unspecified atom stereocenters. The van der Waals surface area contributed by atoms with Crippen LogP contribution in [0, 0.1) is 0 Å². The number of morpholine rings is 1. The number of aromatic nitrogens is 1. The van der Waals surface area contributed by atoms with Crippen LogP contribution in [0.1, 0.15) is 23.9 Å². The van der Waals surface area contributed by atoms with E-state index in [2.05, 4.69) is 4.90 Å². The molecule has 0 radical (unpaired) electrons. The number of benzene rings is 2. The minimum atomic E-state index is -0.214. The number of carbonyl (C=O) groups excluding carboxylic acids is 1. The maximum atomic E-state index is 13.7. The largest absolute Gasteiger partial charge is 0.494 e. The van der Waals surface area contributed by atoms with E-state index in [1.54, 1.807) is 18.1 Å². The van der Waals surface area contributed by atoms with Crippen molar-refractivity contribution in [1.82, 2.24) is 9.88 Å². The van der Waals surface area contributed by atoms with E-state index in [9.17, 15) is 4.79 Å². The SMILES string of the molecule is CCOc1ccc2nc(N(CCCN3CCOCC3)C(=O)c3cc4cccc(OC)c4o3)sc2c1. The van der Waals surface area contributed by atoms with Crippen molar-refractivity contribution in [3.8, 4) is 11.5 Å². The number of fused-ring (bicyclic) bond motifs is 2. The second-order valence-corrected chi connectivity index (χ2v) is 9.32. The van der Waals surface area contributed by atoms with Crippen LogP contribution in [-0.2, 0) is 4.74 Å². The average molecular weight is 496 g/mol. The van der Waals surface area contributed by atoms with Crippen molar-refractivity contribution in [1.29, 1.82) is 0 Å². The van der Waals surface area contributed by atoms with Crippen LogP contribution in [-0.4, -0.2) is 68.9 Å². The summed E-state index contributed by atoms with van der Waals surface area (Å²) in [4.78, 5) is 22.6. The van der Waals surface area contributed by atoms with Gasteiger partial charge in [0, 0.05) is 31.6 Å². The molecule has 0 bridgehead atoms. The Morgan fingerprint density at radius 2 is 2.06 bits per heavy atom. The van der Waals surface area contributed by atoms with Crippen LogP contribution < -0.4 is 14.4 Å². The summed E-state index contributed by atoms with van der Waals surface area (Å²) >= 11 is 1.48. The molecule has 2 aromatic carbocycles. The molecule has 35 heavy (non-hydrogen) atoms. The van der Waals surface area contributed by atoms with Crippen LogP contribution in [0.3, 0.4) is 0 Å². The topological polar surface area (TPSA) is 77.3 Å². The molecule has 1 fully saturated rings. The van der Waals surface area contributed by atoms with Crippen LogP contribution >= 0.6 is 11.3 Å². The maximum Gasteiger partial charge on any atom is 0.295 e. The average Bonchev–Trinajstić information content (AvgIpc) is 3.51. The number of anilines is 1. The van der Waals surface area contributed by atoms with Crippen molar-refractivity contribution in [2.45, 2.75) is 13.3 Å². The second kappa shape index (κ2) is 10.6. The molecular formula is C26H29N3O5S. The van der Waals surface area contributed by atoms with Gasteiger partial charge in [-0.25, -0.2) is 4.98 Å². The first-order valence-corrected chi connectivity index (χ1v) is 12.7. The van der Waals surface area contributed by atoms with Gasteiger partial charge in [-0.2, -0.15) is 0 Å². The molecule has 5 rings (SSSR count). The van der Waals surface area contributed by atoms with Crippen molar-refractivity contribution in [2.24, 2.45) is 0 Å².